The van der Waals surface area contributed by atoms with E-state index in [9.17, 15) is 18.0 Å². The number of aromatic nitrogens is 1. The quantitative estimate of drug-likeness (QED) is 0.339. The van der Waals surface area contributed by atoms with Gasteiger partial charge in [0.05, 0.1) is 22.1 Å². The topological polar surface area (TPSA) is 91.7 Å². The maximum absolute atomic E-state index is 12.8. The van der Waals surface area contributed by atoms with Gasteiger partial charge in [-0.05, 0) is 69.3 Å². The molecule has 0 spiro atoms. The fourth-order valence-electron chi connectivity index (χ4n) is 3.48. The molecule has 0 N–H and O–H groups in total. The van der Waals surface area contributed by atoms with Crippen molar-refractivity contribution in [3.63, 3.8) is 0 Å². The summed E-state index contributed by atoms with van der Waals surface area (Å²) in [6, 6.07) is 13.0. The molecule has 0 bridgehead atoms. The molecule has 0 fully saturated rings. The van der Waals surface area contributed by atoms with E-state index in [4.69, 9.17) is 21.1 Å². The van der Waals surface area contributed by atoms with Crippen LogP contribution < -0.4 is 4.74 Å². The lowest BCUT2D eigenvalue weighted by Gasteiger charge is -2.11. The first-order valence-corrected chi connectivity index (χ1v) is 12.4. The zero-order valence-electron chi connectivity index (χ0n) is 18.7. The number of nitrogens with zero attached hydrogens (tertiary/aromatic N) is 1. The summed E-state index contributed by atoms with van der Waals surface area (Å²) >= 11 is 6.03. The van der Waals surface area contributed by atoms with Crippen LogP contribution >= 0.6 is 11.6 Å². The molecule has 9 heteroatoms. The molecule has 0 aliphatic rings. The maximum Gasteiger partial charge on any atom is 0.340 e. The third kappa shape index (κ3) is 5.46. The second-order valence-corrected chi connectivity index (χ2v) is 9.88. The number of ketones is 1. The van der Waals surface area contributed by atoms with Gasteiger partial charge in [0.15, 0.2) is 16.4 Å². The second kappa shape index (κ2) is 9.80. The lowest BCUT2D eigenvalue weighted by Crippen LogP contribution is -2.15. The Morgan fingerprint density at radius 3 is 2.27 bits per heavy atom. The van der Waals surface area contributed by atoms with Gasteiger partial charge < -0.3 is 14.0 Å². The number of sulfone groups is 1. The molecule has 1 heterocycles. The number of ether oxygens (including phenoxy) is 2. The maximum atomic E-state index is 12.8. The molecule has 7 nitrogen and oxygen atoms in total. The van der Waals surface area contributed by atoms with Gasteiger partial charge in [-0.3, -0.25) is 4.79 Å². The lowest BCUT2D eigenvalue weighted by molar-refractivity contribution is 0.0474. The molecule has 2 aromatic carbocycles. The summed E-state index contributed by atoms with van der Waals surface area (Å²) in [5.74, 6) is -0.506. The van der Waals surface area contributed by atoms with Crippen molar-refractivity contribution in [1.82, 2.24) is 4.57 Å². The summed E-state index contributed by atoms with van der Waals surface area (Å²) in [5.41, 5.74) is 2.72. The Morgan fingerprint density at radius 2 is 1.67 bits per heavy atom. The average molecular weight is 490 g/mol. The van der Waals surface area contributed by atoms with Gasteiger partial charge in [-0.1, -0.05) is 11.6 Å². The van der Waals surface area contributed by atoms with Crippen molar-refractivity contribution in [2.45, 2.75) is 25.7 Å². The highest BCUT2D eigenvalue weighted by Crippen LogP contribution is 2.24. The van der Waals surface area contributed by atoms with E-state index in [1.54, 1.807) is 6.07 Å². The van der Waals surface area contributed by atoms with E-state index in [2.05, 4.69) is 0 Å². The van der Waals surface area contributed by atoms with E-state index in [1.807, 2.05) is 49.6 Å². The predicted octanol–water partition coefficient (Wildman–Crippen LogP) is 4.59. The fourth-order valence-corrected chi connectivity index (χ4v) is 4.32. The summed E-state index contributed by atoms with van der Waals surface area (Å²) in [6.45, 7) is 5.66. The standard InChI is InChI=1S/C24H24ClNO6S/c1-5-31-18-8-6-17(7-9-18)26-15(2)12-20(16(26)3)23(27)14-32-24(28)21-13-19(33(4,29)30)10-11-22(21)25/h6-13H,5,14H2,1-4H3. The van der Waals surface area contributed by atoms with Crippen LogP contribution in [0.5, 0.6) is 5.75 Å². The first-order chi connectivity index (χ1) is 15.5. The minimum absolute atomic E-state index is 0.0357. The number of Topliss-reactive ketones (excluding diaryl/α,β-unsaturated/α-hetero) is 1. The van der Waals surface area contributed by atoms with Crippen molar-refractivity contribution >= 4 is 33.2 Å². The molecule has 0 aliphatic heterocycles. The third-order valence-electron chi connectivity index (χ3n) is 5.06. The normalized spacial score (nSPS) is 11.3. The third-order valence-corrected chi connectivity index (χ3v) is 6.50. The van der Waals surface area contributed by atoms with E-state index < -0.39 is 22.4 Å². The number of aryl methyl sites for hydroxylation is 1. The highest BCUT2D eigenvalue weighted by atomic mass is 35.5. The Kier molecular flexibility index (Phi) is 7.29. The lowest BCUT2D eigenvalue weighted by atomic mass is 10.1. The van der Waals surface area contributed by atoms with Crippen LogP contribution in [0.3, 0.4) is 0 Å². The smallest absolute Gasteiger partial charge is 0.340 e. The van der Waals surface area contributed by atoms with E-state index in [0.29, 0.717) is 17.9 Å². The van der Waals surface area contributed by atoms with Crippen LogP contribution in [0.2, 0.25) is 5.02 Å². The molecule has 174 valence electrons. The Labute approximate surface area is 197 Å². The van der Waals surface area contributed by atoms with Crippen molar-refractivity contribution in [3.05, 3.63) is 76.1 Å². The molecule has 0 atom stereocenters. The van der Waals surface area contributed by atoms with Crippen LogP contribution in [0.1, 0.15) is 39.0 Å². The first kappa shape index (κ1) is 24.5. The van der Waals surface area contributed by atoms with Gasteiger partial charge in [-0.2, -0.15) is 0 Å². The van der Waals surface area contributed by atoms with Crippen LogP contribution in [0.4, 0.5) is 0 Å². The summed E-state index contributed by atoms with van der Waals surface area (Å²) in [5, 5.41) is 0.0357. The first-order valence-electron chi connectivity index (χ1n) is 10.1. The van der Waals surface area contributed by atoms with Crippen molar-refractivity contribution in [3.8, 4) is 11.4 Å². The average Bonchev–Trinajstić information content (AvgIpc) is 3.06. The molecule has 0 amide bonds. The molecule has 0 saturated heterocycles. The Hall–Kier alpha value is -3.10. The largest absolute Gasteiger partial charge is 0.494 e. The minimum Gasteiger partial charge on any atom is -0.494 e. The zero-order valence-corrected chi connectivity index (χ0v) is 20.3. The van der Waals surface area contributed by atoms with Gasteiger partial charge in [0.2, 0.25) is 5.78 Å². The fraction of sp³-hybridized carbons (Fsp3) is 0.250. The zero-order chi connectivity index (χ0) is 24.3. The monoisotopic (exact) mass is 489 g/mol. The van der Waals surface area contributed by atoms with Gasteiger partial charge in [0.25, 0.3) is 0 Å². The number of hydrogen-bond acceptors (Lipinski definition) is 6. The second-order valence-electron chi connectivity index (χ2n) is 7.46. The van der Waals surface area contributed by atoms with Gasteiger partial charge in [0, 0.05) is 28.9 Å². The summed E-state index contributed by atoms with van der Waals surface area (Å²) < 4.78 is 36.1. The van der Waals surface area contributed by atoms with Crippen molar-refractivity contribution in [2.24, 2.45) is 0 Å². The molecule has 33 heavy (non-hydrogen) atoms. The molecule has 0 unspecified atom stereocenters. The number of carbonyl (C=O) groups is 2. The number of hydrogen-bond donors (Lipinski definition) is 0. The highest BCUT2D eigenvalue weighted by molar-refractivity contribution is 7.90. The molecule has 1 aromatic heterocycles. The van der Waals surface area contributed by atoms with Crippen LogP contribution in [0.25, 0.3) is 5.69 Å². The van der Waals surface area contributed by atoms with Crippen molar-refractivity contribution in [1.29, 1.82) is 0 Å². The number of benzene rings is 2. The Bertz CT molecular complexity index is 1310. The number of carbonyl (C=O) groups excluding carboxylic acids is 2. The van der Waals surface area contributed by atoms with Crippen LogP contribution in [0, 0.1) is 13.8 Å². The van der Waals surface area contributed by atoms with Crippen molar-refractivity contribution in [2.75, 3.05) is 19.5 Å². The molecule has 0 saturated carbocycles. The van der Waals surface area contributed by atoms with E-state index in [0.717, 1.165) is 29.5 Å². The van der Waals surface area contributed by atoms with Gasteiger partial charge in [-0.25, -0.2) is 13.2 Å². The molecule has 0 radical (unpaired) electrons. The molecule has 3 rings (SSSR count). The van der Waals surface area contributed by atoms with Gasteiger partial charge >= 0.3 is 5.97 Å². The van der Waals surface area contributed by atoms with Crippen LogP contribution in [-0.2, 0) is 14.6 Å². The molecular weight excluding hydrogens is 466 g/mol. The summed E-state index contributed by atoms with van der Waals surface area (Å²) in [7, 11) is -3.53. The number of halogens is 1. The Morgan fingerprint density at radius 1 is 1.00 bits per heavy atom. The number of rotatable bonds is 8. The van der Waals surface area contributed by atoms with E-state index in [-0.39, 0.29) is 21.3 Å². The van der Waals surface area contributed by atoms with Crippen LogP contribution in [0.15, 0.2) is 53.4 Å². The number of esters is 1. The van der Waals surface area contributed by atoms with Crippen LogP contribution in [-0.4, -0.2) is 44.2 Å². The summed E-state index contributed by atoms with van der Waals surface area (Å²) in [6.07, 6.45) is 1.02. The minimum atomic E-state index is -3.53. The molecule has 3 aromatic rings. The molecule has 0 aliphatic carbocycles. The van der Waals surface area contributed by atoms with Gasteiger partial charge in [0.1, 0.15) is 5.75 Å². The van der Waals surface area contributed by atoms with E-state index >= 15 is 0 Å². The van der Waals surface area contributed by atoms with E-state index in [1.165, 1.54) is 12.1 Å². The summed E-state index contributed by atoms with van der Waals surface area (Å²) in [4.78, 5) is 25.2. The molecular formula is C24H24ClNO6S. The Balaban J connectivity index is 1.78. The SMILES string of the molecule is CCOc1ccc(-n2c(C)cc(C(=O)COC(=O)c3cc(S(C)(=O)=O)ccc3Cl)c2C)cc1. The van der Waals surface area contributed by atoms with Crippen molar-refractivity contribution < 1.29 is 27.5 Å². The van der Waals surface area contributed by atoms with Gasteiger partial charge in [-0.15, -0.1) is 0 Å². The highest BCUT2D eigenvalue weighted by Gasteiger charge is 2.21. The predicted molar refractivity (Wildman–Crippen MR) is 126 cm³/mol.